The molecule has 0 fully saturated rings. The number of carbonyl (C=O) groups excluding carboxylic acids is 2. The molecule has 0 bridgehead atoms. The molecule has 0 aliphatic rings. The molecule has 0 radical (unpaired) electrons. The average Bonchev–Trinajstić information content (AvgIpc) is 3.29. The van der Waals surface area contributed by atoms with Crippen molar-refractivity contribution in [3.05, 3.63) is 71.7 Å². The zero-order valence-electron chi connectivity index (χ0n) is 17.2. The van der Waals surface area contributed by atoms with Crippen molar-refractivity contribution in [1.29, 1.82) is 0 Å². The number of hydrogen-bond donors (Lipinski definition) is 2. The Labute approximate surface area is 190 Å². The van der Waals surface area contributed by atoms with Crippen molar-refractivity contribution >= 4 is 44.1 Å². The molecule has 0 spiro atoms. The number of nitrogens with one attached hydrogen (secondary N) is 2. The number of amides is 1. The molecule has 10 heteroatoms. The minimum atomic E-state index is -3.75. The lowest BCUT2D eigenvalue weighted by Gasteiger charge is -2.08. The quantitative estimate of drug-likeness (QED) is 0.323. The van der Waals surface area contributed by atoms with Gasteiger partial charge in [0.05, 0.1) is 17.9 Å². The van der Waals surface area contributed by atoms with Gasteiger partial charge in [-0.25, -0.2) is 13.4 Å². The standard InChI is InChI=1S/C22H23N3O5S2/c26-20(12-13-21(27)30-15-4-7-17-5-2-1-3-6-17)24-18-8-10-19(11-9-18)32(28,29)25-22-23-14-16-31-22/h1-3,5-6,8-11,14,16H,4,7,12-13,15H2,(H,23,25)(H,24,26). The van der Waals surface area contributed by atoms with E-state index in [4.69, 9.17) is 4.74 Å². The van der Waals surface area contributed by atoms with Gasteiger partial charge in [0.2, 0.25) is 5.91 Å². The Kier molecular flexibility index (Phi) is 8.34. The fourth-order valence-corrected chi connectivity index (χ4v) is 4.57. The number of anilines is 2. The van der Waals surface area contributed by atoms with E-state index in [0.717, 1.165) is 6.42 Å². The minimum Gasteiger partial charge on any atom is -0.466 e. The van der Waals surface area contributed by atoms with E-state index < -0.39 is 16.0 Å². The summed E-state index contributed by atoms with van der Waals surface area (Å²) in [5.41, 5.74) is 1.61. The second kappa shape index (κ2) is 11.4. The van der Waals surface area contributed by atoms with Crippen molar-refractivity contribution in [1.82, 2.24) is 4.98 Å². The molecule has 0 saturated carbocycles. The van der Waals surface area contributed by atoms with Gasteiger partial charge in [0.1, 0.15) is 0 Å². The maximum atomic E-state index is 12.3. The molecule has 2 N–H and O–H groups in total. The molecule has 0 unspecified atom stereocenters. The van der Waals surface area contributed by atoms with Gasteiger partial charge in [0, 0.05) is 23.7 Å². The molecule has 3 aromatic rings. The van der Waals surface area contributed by atoms with Crippen LogP contribution in [0.5, 0.6) is 0 Å². The highest BCUT2D eigenvalue weighted by Crippen LogP contribution is 2.19. The van der Waals surface area contributed by atoms with Gasteiger partial charge >= 0.3 is 5.97 Å². The monoisotopic (exact) mass is 473 g/mol. The summed E-state index contributed by atoms with van der Waals surface area (Å²) in [6.07, 6.45) is 2.99. The summed E-state index contributed by atoms with van der Waals surface area (Å²) >= 11 is 1.17. The van der Waals surface area contributed by atoms with E-state index in [9.17, 15) is 18.0 Å². The van der Waals surface area contributed by atoms with E-state index in [1.165, 1.54) is 47.4 Å². The van der Waals surface area contributed by atoms with Crippen molar-refractivity contribution in [3.8, 4) is 0 Å². The van der Waals surface area contributed by atoms with Gasteiger partial charge < -0.3 is 10.1 Å². The van der Waals surface area contributed by atoms with E-state index in [2.05, 4.69) is 15.0 Å². The van der Waals surface area contributed by atoms with Gasteiger partial charge in [-0.15, -0.1) is 11.3 Å². The van der Waals surface area contributed by atoms with Crippen LogP contribution in [0.4, 0.5) is 10.8 Å². The Morgan fingerprint density at radius 1 is 1.00 bits per heavy atom. The molecule has 2 aromatic carbocycles. The summed E-state index contributed by atoms with van der Waals surface area (Å²) in [7, 11) is -3.75. The van der Waals surface area contributed by atoms with Crippen LogP contribution in [0.25, 0.3) is 0 Å². The maximum absolute atomic E-state index is 12.3. The number of rotatable bonds is 11. The fourth-order valence-electron chi connectivity index (χ4n) is 2.78. The Balaban J connectivity index is 1.37. The lowest BCUT2D eigenvalue weighted by Crippen LogP contribution is -2.15. The number of carbonyl (C=O) groups is 2. The highest BCUT2D eigenvalue weighted by atomic mass is 32.2. The molecule has 1 amide bonds. The van der Waals surface area contributed by atoms with Gasteiger partial charge in [0.25, 0.3) is 10.0 Å². The van der Waals surface area contributed by atoms with Crippen molar-refractivity contribution in [3.63, 3.8) is 0 Å². The van der Waals surface area contributed by atoms with Gasteiger partial charge in [-0.3, -0.25) is 14.3 Å². The molecule has 1 aromatic heterocycles. The number of hydrogen-bond acceptors (Lipinski definition) is 7. The van der Waals surface area contributed by atoms with Crippen LogP contribution in [0.1, 0.15) is 24.8 Å². The first-order valence-electron chi connectivity index (χ1n) is 9.94. The van der Waals surface area contributed by atoms with Crippen LogP contribution >= 0.6 is 11.3 Å². The number of sulfonamides is 1. The minimum absolute atomic E-state index is 0.0246. The van der Waals surface area contributed by atoms with Gasteiger partial charge in [-0.2, -0.15) is 0 Å². The number of aromatic nitrogens is 1. The van der Waals surface area contributed by atoms with Crippen molar-refractivity contribution in [2.75, 3.05) is 16.6 Å². The maximum Gasteiger partial charge on any atom is 0.306 e. The SMILES string of the molecule is O=C(CCC(=O)OCCCc1ccccc1)Nc1ccc(S(=O)(=O)Nc2nccs2)cc1. The molecule has 1 heterocycles. The second-order valence-electron chi connectivity index (χ2n) is 6.82. The third-order valence-corrected chi connectivity index (χ3v) is 6.55. The average molecular weight is 474 g/mol. The Hall–Kier alpha value is -3.24. The van der Waals surface area contributed by atoms with Crippen LogP contribution in [0.3, 0.4) is 0 Å². The van der Waals surface area contributed by atoms with E-state index >= 15 is 0 Å². The highest BCUT2D eigenvalue weighted by Gasteiger charge is 2.15. The molecule has 168 valence electrons. The lowest BCUT2D eigenvalue weighted by molar-refractivity contribution is -0.144. The Morgan fingerprint density at radius 3 is 2.44 bits per heavy atom. The van der Waals surface area contributed by atoms with E-state index in [-0.39, 0.29) is 28.8 Å². The normalized spacial score (nSPS) is 11.0. The highest BCUT2D eigenvalue weighted by molar-refractivity contribution is 7.93. The number of thiazole rings is 1. The zero-order valence-corrected chi connectivity index (χ0v) is 18.8. The first kappa shape index (κ1) is 23.4. The van der Waals surface area contributed by atoms with E-state index in [1.807, 2.05) is 30.3 Å². The Morgan fingerprint density at radius 2 is 1.75 bits per heavy atom. The summed E-state index contributed by atoms with van der Waals surface area (Å²) in [6, 6.07) is 15.6. The van der Waals surface area contributed by atoms with Crippen molar-refractivity contribution in [2.45, 2.75) is 30.6 Å². The van der Waals surface area contributed by atoms with E-state index in [0.29, 0.717) is 18.7 Å². The molecule has 0 aliphatic carbocycles. The smallest absolute Gasteiger partial charge is 0.306 e. The number of nitrogens with zero attached hydrogens (tertiary/aromatic N) is 1. The largest absolute Gasteiger partial charge is 0.466 e. The van der Waals surface area contributed by atoms with Crippen LogP contribution in [-0.4, -0.2) is 31.9 Å². The summed E-state index contributed by atoms with van der Waals surface area (Å²) in [5, 5.41) is 4.57. The summed E-state index contributed by atoms with van der Waals surface area (Å²) < 4.78 is 32.2. The number of benzene rings is 2. The number of esters is 1. The van der Waals surface area contributed by atoms with Crippen LogP contribution in [0.15, 0.2) is 71.1 Å². The zero-order chi connectivity index (χ0) is 22.8. The first-order chi connectivity index (χ1) is 15.4. The fraction of sp³-hybridized carbons (Fsp3) is 0.227. The van der Waals surface area contributed by atoms with E-state index in [1.54, 1.807) is 5.38 Å². The van der Waals surface area contributed by atoms with Gasteiger partial charge in [-0.1, -0.05) is 30.3 Å². The topological polar surface area (TPSA) is 114 Å². The van der Waals surface area contributed by atoms with Crippen LogP contribution in [0.2, 0.25) is 0 Å². The molecule has 3 rings (SSSR count). The molecular formula is C22H23N3O5S2. The molecule has 0 atom stereocenters. The number of ether oxygens (including phenoxy) is 1. The molecule has 32 heavy (non-hydrogen) atoms. The summed E-state index contributed by atoms with van der Waals surface area (Å²) in [6.45, 7) is 0.306. The Bertz CT molecular complexity index is 1120. The van der Waals surface area contributed by atoms with Crippen LogP contribution in [0, 0.1) is 0 Å². The predicted molar refractivity (Wildman–Crippen MR) is 123 cm³/mol. The van der Waals surface area contributed by atoms with Crippen LogP contribution in [-0.2, 0) is 30.8 Å². The molecular weight excluding hydrogens is 450 g/mol. The lowest BCUT2D eigenvalue weighted by atomic mass is 10.1. The third-order valence-electron chi connectivity index (χ3n) is 4.37. The number of aryl methyl sites for hydroxylation is 1. The van der Waals surface area contributed by atoms with Gasteiger partial charge in [0.15, 0.2) is 5.13 Å². The van der Waals surface area contributed by atoms with Crippen molar-refractivity contribution < 1.29 is 22.7 Å². The predicted octanol–water partition coefficient (Wildman–Crippen LogP) is 3.84. The molecule has 0 aliphatic heterocycles. The van der Waals surface area contributed by atoms with Gasteiger partial charge in [-0.05, 0) is 42.7 Å². The van der Waals surface area contributed by atoms with Crippen molar-refractivity contribution in [2.24, 2.45) is 0 Å². The summed E-state index contributed by atoms with van der Waals surface area (Å²) in [5.74, 6) is -0.786. The third kappa shape index (κ3) is 7.47. The summed E-state index contributed by atoms with van der Waals surface area (Å²) in [4.78, 5) is 27.8. The molecule has 8 nitrogen and oxygen atoms in total. The van der Waals surface area contributed by atoms with Crippen LogP contribution < -0.4 is 10.0 Å². The second-order valence-corrected chi connectivity index (χ2v) is 9.40. The first-order valence-corrected chi connectivity index (χ1v) is 12.3. The molecule has 0 saturated heterocycles.